The Morgan fingerprint density at radius 1 is 1.10 bits per heavy atom. The van der Waals surface area contributed by atoms with Crippen molar-refractivity contribution in [1.82, 2.24) is 9.88 Å². The van der Waals surface area contributed by atoms with Crippen LogP contribution < -0.4 is 9.47 Å². The zero-order valence-corrected chi connectivity index (χ0v) is 18.1. The van der Waals surface area contributed by atoms with Gasteiger partial charge in [-0.3, -0.25) is 4.90 Å². The summed E-state index contributed by atoms with van der Waals surface area (Å²) in [6.07, 6.45) is 2.38. The second-order valence-electron chi connectivity index (χ2n) is 8.09. The van der Waals surface area contributed by atoms with E-state index in [-0.39, 0.29) is 0 Å². The van der Waals surface area contributed by atoms with Crippen LogP contribution >= 0.6 is 0 Å². The maximum Gasteiger partial charge on any atom is 0.230 e. The van der Waals surface area contributed by atoms with Crippen LogP contribution in [-0.2, 0) is 6.54 Å². The molecule has 158 valence electrons. The number of oxazole rings is 1. The number of hydrogen-bond acceptors (Lipinski definition) is 5. The van der Waals surface area contributed by atoms with E-state index in [1.165, 1.54) is 18.4 Å². The molecule has 1 aliphatic heterocycles. The summed E-state index contributed by atoms with van der Waals surface area (Å²) in [5, 5.41) is 0. The molecule has 1 saturated heterocycles. The van der Waals surface area contributed by atoms with E-state index in [1.807, 2.05) is 43.3 Å². The van der Waals surface area contributed by atoms with Gasteiger partial charge in [0.1, 0.15) is 17.3 Å². The highest BCUT2D eigenvalue weighted by atomic mass is 16.5. The Morgan fingerprint density at radius 2 is 1.90 bits per heavy atom. The number of aromatic nitrogens is 1. The fourth-order valence-corrected chi connectivity index (χ4v) is 4.00. The van der Waals surface area contributed by atoms with Crippen LogP contribution in [0.25, 0.3) is 11.5 Å². The fourth-order valence-electron chi connectivity index (χ4n) is 4.00. The number of methoxy groups -OCH3 is 1. The lowest BCUT2D eigenvalue weighted by atomic mass is 9.99. The number of rotatable bonds is 7. The zero-order chi connectivity index (χ0) is 20.9. The van der Waals surface area contributed by atoms with Crippen LogP contribution in [0.15, 0.2) is 52.9 Å². The molecular weight excluding hydrogens is 376 g/mol. The summed E-state index contributed by atoms with van der Waals surface area (Å²) < 4.78 is 17.5. The van der Waals surface area contributed by atoms with Gasteiger partial charge in [0.25, 0.3) is 0 Å². The van der Waals surface area contributed by atoms with Crippen molar-refractivity contribution < 1.29 is 13.9 Å². The molecule has 3 aromatic rings. The van der Waals surface area contributed by atoms with Crippen LogP contribution in [-0.4, -0.2) is 36.7 Å². The summed E-state index contributed by atoms with van der Waals surface area (Å²) in [7, 11) is 1.67. The molecule has 1 atom stereocenters. The lowest BCUT2D eigenvalue weighted by molar-refractivity contribution is 0.124. The summed E-state index contributed by atoms with van der Waals surface area (Å²) in [5.74, 6) is 3.74. The van der Waals surface area contributed by atoms with E-state index in [9.17, 15) is 0 Å². The smallest absolute Gasteiger partial charge is 0.230 e. The highest BCUT2D eigenvalue weighted by molar-refractivity contribution is 5.62. The van der Waals surface area contributed by atoms with E-state index in [0.717, 1.165) is 54.8 Å². The van der Waals surface area contributed by atoms with Gasteiger partial charge in [-0.1, -0.05) is 29.8 Å². The van der Waals surface area contributed by atoms with Crippen LogP contribution in [0.5, 0.6) is 11.5 Å². The fraction of sp³-hybridized carbons (Fsp3) is 0.400. The molecule has 5 nitrogen and oxygen atoms in total. The van der Waals surface area contributed by atoms with Crippen molar-refractivity contribution in [2.45, 2.75) is 33.2 Å². The van der Waals surface area contributed by atoms with Gasteiger partial charge in [-0.15, -0.1) is 0 Å². The largest absolute Gasteiger partial charge is 0.496 e. The molecular formula is C25H30N2O3. The summed E-state index contributed by atoms with van der Waals surface area (Å²) >= 11 is 0. The van der Waals surface area contributed by atoms with E-state index in [1.54, 1.807) is 7.11 Å². The second kappa shape index (κ2) is 9.35. The van der Waals surface area contributed by atoms with Crippen LogP contribution in [0, 0.1) is 19.8 Å². The molecule has 1 aliphatic rings. The van der Waals surface area contributed by atoms with Gasteiger partial charge in [0, 0.05) is 19.0 Å². The number of piperidine rings is 1. The summed E-state index contributed by atoms with van der Waals surface area (Å²) in [5.41, 5.74) is 3.13. The van der Waals surface area contributed by atoms with Crippen LogP contribution in [0.1, 0.15) is 29.9 Å². The topological polar surface area (TPSA) is 47.7 Å². The average Bonchev–Trinajstić information content (AvgIpc) is 3.13. The zero-order valence-electron chi connectivity index (χ0n) is 18.1. The number of para-hydroxylation sites is 1. The highest BCUT2D eigenvalue weighted by Gasteiger charge is 2.23. The maximum absolute atomic E-state index is 6.04. The molecule has 1 aromatic heterocycles. The normalized spacial score (nSPS) is 17.1. The van der Waals surface area contributed by atoms with E-state index in [4.69, 9.17) is 18.9 Å². The Labute approximate surface area is 178 Å². The van der Waals surface area contributed by atoms with Gasteiger partial charge in [-0.25, -0.2) is 4.98 Å². The van der Waals surface area contributed by atoms with Gasteiger partial charge in [-0.05, 0) is 57.5 Å². The van der Waals surface area contributed by atoms with Crippen molar-refractivity contribution in [2.75, 3.05) is 26.8 Å². The minimum absolute atomic E-state index is 0.529. The van der Waals surface area contributed by atoms with Gasteiger partial charge >= 0.3 is 0 Å². The van der Waals surface area contributed by atoms with Gasteiger partial charge in [0.05, 0.1) is 25.0 Å². The SMILES string of the molecule is COc1ccccc1-c1nc(CN2CCC[C@@H](COc3ccc(C)cc3)C2)c(C)o1. The minimum atomic E-state index is 0.529. The molecule has 4 rings (SSSR count). The molecule has 30 heavy (non-hydrogen) atoms. The van der Waals surface area contributed by atoms with Crippen LogP contribution in [0.3, 0.4) is 0 Å². The Morgan fingerprint density at radius 3 is 2.70 bits per heavy atom. The first-order chi connectivity index (χ1) is 14.6. The van der Waals surface area contributed by atoms with Gasteiger partial charge in [-0.2, -0.15) is 0 Å². The molecule has 0 radical (unpaired) electrons. The van der Waals surface area contributed by atoms with Crippen LogP contribution in [0.2, 0.25) is 0 Å². The summed E-state index contributed by atoms with van der Waals surface area (Å²) in [6, 6.07) is 16.1. The highest BCUT2D eigenvalue weighted by Crippen LogP contribution is 2.31. The molecule has 0 amide bonds. The molecule has 0 bridgehead atoms. The number of nitrogens with zero attached hydrogens (tertiary/aromatic N) is 2. The van der Waals surface area contributed by atoms with E-state index in [2.05, 4.69) is 24.0 Å². The quantitative estimate of drug-likeness (QED) is 0.536. The number of likely N-dealkylation sites (tertiary alicyclic amines) is 1. The molecule has 2 heterocycles. The summed E-state index contributed by atoms with van der Waals surface area (Å²) in [6.45, 7) is 7.73. The Kier molecular flexibility index (Phi) is 6.38. The third-order valence-corrected chi connectivity index (χ3v) is 5.71. The molecule has 0 saturated carbocycles. The van der Waals surface area contributed by atoms with E-state index < -0.39 is 0 Å². The molecule has 5 heteroatoms. The second-order valence-corrected chi connectivity index (χ2v) is 8.09. The molecule has 0 spiro atoms. The number of benzene rings is 2. The Balaban J connectivity index is 1.38. The van der Waals surface area contributed by atoms with E-state index >= 15 is 0 Å². The lowest BCUT2D eigenvalue weighted by Crippen LogP contribution is -2.37. The van der Waals surface area contributed by atoms with Crippen molar-refractivity contribution in [2.24, 2.45) is 5.92 Å². The first-order valence-electron chi connectivity index (χ1n) is 10.6. The molecule has 2 aromatic carbocycles. The van der Waals surface area contributed by atoms with Gasteiger partial charge in [0.2, 0.25) is 5.89 Å². The number of aryl methyl sites for hydroxylation is 2. The third kappa shape index (κ3) is 4.85. The predicted octanol–water partition coefficient (Wildman–Crippen LogP) is 5.26. The standard InChI is InChI=1S/C25H30N2O3/c1-18-10-12-21(13-11-18)29-17-20-7-6-14-27(15-20)16-23-19(2)30-25(26-23)22-8-4-5-9-24(22)28-3/h4-5,8-13,20H,6-7,14-17H2,1-3H3/t20-/m1/s1. The van der Waals surface area contributed by atoms with Gasteiger partial charge in [0.15, 0.2) is 0 Å². The number of hydrogen-bond donors (Lipinski definition) is 0. The van der Waals surface area contributed by atoms with E-state index in [0.29, 0.717) is 11.8 Å². The first kappa shape index (κ1) is 20.5. The first-order valence-corrected chi connectivity index (χ1v) is 10.6. The number of ether oxygens (including phenoxy) is 2. The third-order valence-electron chi connectivity index (χ3n) is 5.71. The summed E-state index contributed by atoms with van der Waals surface area (Å²) in [4.78, 5) is 7.25. The minimum Gasteiger partial charge on any atom is -0.496 e. The van der Waals surface area contributed by atoms with Gasteiger partial charge < -0.3 is 13.9 Å². The molecule has 0 unspecified atom stereocenters. The van der Waals surface area contributed by atoms with Crippen molar-refractivity contribution in [3.8, 4) is 23.0 Å². The Bertz CT molecular complexity index is 965. The van der Waals surface area contributed by atoms with Crippen LogP contribution in [0.4, 0.5) is 0 Å². The molecule has 0 aliphatic carbocycles. The monoisotopic (exact) mass is 406 g/mol. The van der Waals surface area contributed by atoms with Crippen molar-refractivity contribution in [3.63, 3.8) is 0 Å². The molecule has 0 N–H and O–H groups in total. The predicted molar refractivity (Wildman–Crippen MR) is 118 cm³/mol. The van der Waals surface area contributed by atoms with Crippen molar-refractivity contribution in [1.29, 1.82) is 0 Å². The average molecular weight is 407 g/mol. The molecule has 1 fully saturated rings. The maximum atomic E-state index is 6.04. The Hall–Kier alpha value is -2.79. The van der Waals surface area contributed by atoms with Crippen molar-refractivity contribution in [3.05, 3.63) is 65.5 Å². The lowest BCUT2D eigenvalue weighted by Gasteiger charge is -2.32. The van der Waals surface area contributed by atoms with Crippen molar-refractivity contribution >= 4 is 0 Å².